The van der Waals surface area contributed by atoms with E-state index in [4.69, 9.17) is 0 Å². The monoisotopic (exact) mass is 217 g/mol. The molecule has 1 aliphatic carbocycles. The summed E-state index contributed by atoms with van der Waals surface area (Å²) in [5.74, 6) is 0. The number of sulfonamides is 1. The maximum absolute atomic E-state index is 11.5. The molecule has 0 aromatic carbocycles. The standard InChI is InChI=1S/C8H11NO2S2/c1-6-4-12-5-8(6)9-13(10,11)7-2-3-7/h4-5,7,9H,2-3H2,1H3. The molecule has 0 spiro atoms. The zero-order chi connectivity index (χ0) is 9.47. The van der Waals surface area contributed by atoms with Gasteiger partial charge in [0, 0.05) is 5.38 Å². The number of anilines is 1. The summed E-state index contributed by atoms with van der Waals surface area (Å²) in [7, 11) is -3.08. The fraction of sp³-hybridized carbons (Fsp3) is 0.500. The summed E-state index contributed by atoms with van der Waals surface area (Å²) < 4.78 is 25.6. The quantitative estimate of drug-likeness (QED) is 0.841. The summed E-state index contributed by atoms with van der Waals surface area (Å²) in [6, 6.07) is 0. The second-order valence-corrected chi connectivity index (χ2v) is 6.02. The van der Waals surface area contributed by atoms with Crippen molar-refractivity contribution < 1.29 is 8.42 Å². The van der Waals surface area contributed by atoms with Crippen molar-refractivity contribution in [3.63, 3.8) is 0 Å². The molecule has 1 N–H and O–H groups in total. The van der Waals surface area contributed by atoms with Gasteiger partial charge in [-0.3, -0.25) is 4.72 Å². The van der Waals surface area contributed by atoms with Gasteiger partial charge in [0.25, 0.3) is 0 Å². The van der Waals surface area contributed by atoms with Crippen LogP contribution in [0, 0.1) is 6.92 Å². The van der Waals surface area contributed by atoms with Crippen LogP contribution in [0.25, 0.3) is 0 Å². The average molecular weight is 217 g/mol. The summed E-state index contributed by atoms with van der Waals surface area (Å²) in [6.45, 7) is 1.90. The van der Waals surface area contributed by atoms with Crippen LogP contribution in [0.4, 0.5) is 5.69 Å². The zero-order valence-corrected chi connectivity index (χ0v) is 8.91. The fourth-order valence-electron chi connectivity index (χ4n) is 1.08. The molecule has 0 saturated heterocycles. The minimum absolute atomic E-state index is 0.146. The van der Waals surface area contributed by atoms with Crippen molar-refractivity contribution in [1.82, 2.24) is 0 Å². The summed E-state index contributed by atoms with van der Waals surface area (Å²) in [5, 5.41) is 3.62. The van der Waals surface area contributed by atoms with E-state index in [1.54, 1.807) is 0 Å². The van der Waals surface area contributed by atoms with Crippen LogP contribution in [-0.4, -0.2) is 13.7 Å². The van der Waals surface area contributed by atoms with E-state index < -0.39 is 10.0 Å². The van der Waals surface area contributed by atoms with Gasteiger partial charge in [-0.15, -0.1) is 11.3 Å². The van der Waals surface area contributed by atoms with E-state index in [2.05, 4.69) is 4.72 Å². The van der Waals surface area contributed by atoms with Crippen molar-refractivity contribution in [2.24, 2.45) is 0 Å². The Balaban J connectivity index is 2.18. The molecule has 13 heavy (non-hydrogen) atoms. The molecule has 1 fully saturated rings. The van der Waals surface area contributed by atoms with Gasteiger partial charge in [0.15, 0.2) is 0 Å². The molecule has 0 atom stereocenters. The normalized spacial score (nSPS) is 17.3. The molecule has 1 aromatic rings. The fourth-order valence-corrected chi connectivity index (χ4v) is 3.38. The molecule has 1 aliphatic rings. The van der Waals surface area contributed by atoms with Crippen LogP contribution in [0.15, 0.2) is 10.8 Å². The van der Waals surface area contributed by atoms with Gasteiger partial charge in [0.05, 0.1) is 10.9 Å². The summed E-state index contributed by atoms with van der Waals surface area (Å²) in [4.78, 5) is 0. The molecule has 72 valence electrons. The number of nitrogens with one attached hydrogen (secondary N) is 1. The Labute approximate surface area is 81.8 Å². The lowest BCUT2D eigenvalue weighted by atomic mass is 10.3. The minimum atomic E-state index is -3.08. The number of hydrogen-bond acceptors (Lipinski definition) is 3. The molecule has 3 nitrogen and oxygen atoms in total. The maximum atomic E-state index is 11.5. The van der Waals surface area contributed by atoms with Crippen molar-refractivity contribution in [1.29, 1.82) is 0 Å². The number of hydrogen-bond donors (Lipinski definition) is 1. The molecular formula is C8H11NO2S2. The van der Waals surface area contributed by atoms with E-state index in [1.807, 2.05) is 17.7 Å². The molecule has 0 amide bonds. The first-order chi connectivity index (χ1) is 6.09. The van der Waals surface area contributed by atoms with Gasteiger partial charge in [-0.05, 0) is 30.7 Å². The maximum Gasteiger partial charge on any atom is 0.235 e. The predicted molar refractivity (Wildman–Crippen MR) is 54.6 cm³/mol. The molecule has 0 aliphatic heterocycles. The van der Waals surface area contributed by atoms with Crippen molar-refractivity contribution >= 4 is 27.0 Å². The Morgan fingerprint density at radius 3 is 2.62 bits per heavy atom. The third-order valence-electron chi connectivity index (χ3n) is 2.07. The molecule has 1 saturated carbocycles. The van der Waals surface area contributed by atoms with Crippen LogP contribution >= 0.6 is 11.3 Å². The van der Waals surface area contributed by atoms with Crippen LogP contribution in [0.1, 0.15) is 18.4 Å². The lowest BCUT2D eigenvalue weighted by Crippen LogP contribution is -2.17. The summed E-state index contributed by atoms with van der Waals surface area (Å²) >= 11 is 1.51. The summed E-state index contributed by atoms with van der Waals surface area (Å²) in [6.07, 6.45) is 1.61. The first-order valence-electron chi connectivity index (χ1n) is 4.14. The zero-order valence-electron chi connectivity index (χ0n) is 7.28. The predicted octanol–water partition coefficient (Wildman–Crippen LogP) is 1.96. The largest absolute Gasteiger partial charge is 0.282 e. The first-order valence-corrected chi connectivity index (χ1v) is 6.63. The highest BCUT2D eigenvalue weighted by Crippen LogP contribution is 2.31. The number of aryl methyl sites for hydroxylation is 1. The Hall–Kier alpha value is -0.550. The Kier molecular flexibility index (Phi) is 2.08. The van der Waals surface area contributed by atoms with Crippen molar-refractivity contribution in [3.05, 3.63) is 16.3 Å². The van der Waals surface area contributed by atoms with E-state index in [9.17, 15) is 8.42 Å². The van der Waals surface area contributed by atoms with Crippen molar-refractivity contribution in [2.45, 2.75) is 25.0 Å². The van der Waals surface area contributed by atoms with Crippen LogP contribution < -0.4 is 4.72 Å². The first kappa shape index (κ1) is 9.02. The average Bonchev–Trinajstić information content (AvgIpc) is 2.80. The third-order valence-corrected chi connectivity index (χ3v) is 4.79. The molecule has 1 aromatic heterocycles. The molecule has 5 heteroatoms. The van der Waals surface area contributed by atoms with Gasteiger partial charge in [0.2, 0.25) is 10.0 Å². The molecule has 0 radical (unpaired) electrons. The number of rotatable bonds is 3. The van der Waals surface area contributed by atoms with Gasteiger partial charge in [0.1, 0.15) is 0 Å². The van der Waals surface area contributed by atoms with Crippen LogP contribution in [0.5, 0.6) is 0 Å². The molecular weight excluding hydrogens is 206 g/mol. The van der Waals surface area contributed by atoms with Gasteiger partial charge in [-0.2, -0.15) is 0 Å². The second kappa shape index (κ2) is 2.99. The van der Waals surface area contributed by atoms with Gasteiger partial charge >= 0.3 is 0 Å². The SMILES string of the molecule is Cc1cscc1NS(=O)(=O)C1CC1. The van der Waals surface area contributed by atoms with E-state index in [-0.39, 0.29) is 5.25 Å². The molecule has 2 rings (SSSR count). The van der Waals surface area contributed by atoms with E-state index >= 15 is 0 Å². The van der Waals surface area contributed by atoms with E-state index in [0.717, 1.165) is 24.1 Å². The van der Waals surface area contributed by atoms with Crippen molar-refractivity contribution in [3.8, 4) is 0 Å². The molecule has 1 heterocycles. The highest BCUT2D eigenvalue weighted by molar-refractivity contribution is 7.93. The van der Waals surface area contributed by atoms with Crippen LogP contribution in [0.2, 0.25) is 0 Å². The molecule has 0 unspecified atom stereocenters. The van der Waals surface area contributed by atoms with E-state index in [1.165, 1.54) is 11.3 Å². The topological polar surface area (TPSA) is 46.2 Å². The van der Waals surface area contributed by atoms with Crippen LogP contribution in [-0.2, 0) is 10.0 Å². The third kappa shape index (κ3) is 1.86. The lowest BCUT2D eigenvalue weighted by molar-refractivity contribution is 0.600. The summed E-state index contributed by atoms with van der Waals surface area (Å²) in [5.41, 5.74) is 1.73. The Morgan fingerprint density at radius 2 is 2.15 bits per heavy atom. The smallest absolute Gasteiger partial charge is 0.235 e. The van der Waals surface area contributed by atoms with Gasteiger partial charge in [-0.1, -0.05) is 0 Å². The Bertz CT molecular complexity index is 404. The van der Waals surface area contributed by atoms with Gasteiger partial charge < -0.3 is 0 Å². The highest BCUT2D eigenvalue weighted by atomic mass is 32.2. The van der Waals surface area contributed by atoms with Crippen molar-refractivity contribution in [2.75, 3.05) is 4.72 Å². The number of thiophene rings is 1. The minimum Gasteiger partial charge on any atom is -0.282 e. The van der Waals surface area contributed by atoms with Crippen LogP contribution in [0.3, 0.4) is 0 Å². The van der Waals surface area contributed by atoms with E-state index in [0.29, 0.717) is 0 Å². The Morgan fingerprint density at radius 1 is 1.46 bits per heavy atom. The molecule has 0 bridgehead atoms. The highest BCUT2D eigenvalue weighted by Gasteiger charge is 2.35. The van der Waals surface area contributed by atoms with Gasteiger partial charge in [-0.25, -0.2) is 8.42 Å². The second-order valence-electron chi connectivity index (χ2n) is 3.31. The lowest BCUT2D eigenvalue weighted by Gasteiger charge is -2.05.